The van der Waals surface area contributed by atoms with Crippen molar-refractivity contribution >= 4 is 32.5 Å². The van der Waals surface area contributed by atoms with Crippen LogP contribution in [0.25, 0.3) is 10.8 Å². The van der Waals surface area contributed by atoms with Crippen molar-refractivity contribution in [1.29, 1.82) is 0 Å². The van der Waals surface area contributed by atoms with E-state index in [1.54, 1.807) is 4.44 Å². The van der Waals surface area contributed by atoms with Crippen LogP contribution in [0, 0.1) is 0 Å². The SMILES string of the molecule is CCc1[se+]ccc2ccccc12.F[B-](F)(F)F. The Bertz CT molecular complexity index is 473. The zero-order valence-electron chi connectivity index (χ0n) is 9.17. The monoisotopic (exact) mass is 310 g/mol. The molecule has 1 aromatic heterocycles. The average molecular weight is 309 g/mol. The van der Waals surface area contributed by atoms with Crippen LogP contribution in [-0.4, -0.2) is 21.8 Å². The van der Waals surface area contributed by atoms with Gasteiger partial charge in [0.25, 0.3) is 0 Å². The molecular weight excluding hydrogens is 298 g/mol. The van der Waals surface area contributed by atoms with Crippen LogP contribution in [0.5, 0.6) is 0 Å². The second-order valence-corrected chi connectivity index (χ2v) is 5.38. The molecule has 0 saturated heterocycles. The molecule has 0 nitrogen and oxygen atoms in total. The molecule has 0 bridgehead atoms. The van der Waals surface area contributed by atoms with E-state index in [-0.39, 0.29) is 0 Å². The molecule has 2 aromatic rings. The summed E-state index contributed by atoms with van der Waals surface area (Å²) < 4.78 is 40.6. The van der Waals surface area contributed by atoms with Crippen LogP contribution in [0.4, 0.5) is 17.3 Å². The first-order valence-electron chi connectivity index (χ1n) is 5.07. The molecule has 1 aromatic carbocycles. The van der Waals surface area contributed by atoms with Gasteiger partial charge in [-0.05, 0) is 0 Å². The summed E-state index contributed by atoms with van der Waals surface area (Å²) in [4.78, 5) is 2.31. The first-order valence-corrected chi connectivity index (χ1v) is 6.92. The zero-order chi connectivity index (χ0) is 12.9. The number of hydrogen-bond acceptors (Lipinski definition) is 0. The second-order valence-electron chi connectivity index (χ2n) is 3.28. The van der Waals surface area contributed by atoms with Gasteiger partial charge >= 0.3 is 85.6 Å². The molecule has 0 aliphatic carbocycles. The molecule has 0 spiro atoms. The Balaban J connectivity index is 0.000000249. The quantitative estimate of drug-likeness (QED) is 0.551. The van der Waals surface area contributed by atoms with Crippen molar-refractivity contribution in [3.63, 3.8) is 0 Å². The molecule has 92 valence electrons. The van der Waals surface area contributed by atoms with Crippen LogP contribution in [0.15, 0.2) is 35.3 Å². The molecule has 0 radical (unpaired) electrons. The summed E-state index contributed by atoms with van der Waals surface area (Å²) in [5.74, 6) is 0. The third-order valence-corrected chi connectivity index (χ3v) is 4.28. The molecule has 0 aliphatic heterocycles. The Morgan fingerprint density at radius 1 is 1.06 bits per heavy atom. The van der Waals surface area contributed by atoms with E-state index in [0.29, 0.717) is 14.5 Å². The maximum Gasteiger partial charge on any atom is 0.673 e. The molecule has 1 heterocycles. The van der Waals surface area contributed by atoms with Crippen molar-refractivity contribution in [1.82, 2.24) is 0 Å². The fourth-order valence-corrected chi connectivity index (χ4v) is 3.22. The maximum atomic E-state index is 9.75. The van der Waals surface area contributed by atoms with E-state index in [4.69, 9.17) is 0 Å². The van der Waals surface area contributed by atoms with Crippen LogP contribution in [0.3, 0.4) is 0 Å². The molecule has 0 N–H and O–H groups in total. The van der Waals surface area contributed by atoms with E-state index in [1.807, 2.05) is 0 Å². The molecule has 2 rings (SSSR count). The first kappa shape index (κ1) is 14.2. The largest absolute Gasteiger partial charge is 0.673 e. The van der Waals surface area contributed by atoms with Crippen molar-refractivity contribution in [3.05, 3.63) is 39.7 Å². The molecule has 0 unspecified atom stereocenters. The van der Waals surface area contributed by atoms with Gasteiger partial charge in [0.2, 0.25) is 0 Å². The van der Waals surface area contributed by atoms with Gasteiger partial charge in [-0.15, -0.1) is 0 Å². The van der Waals surface area contributed by atoms with E-state index in [9.17, 15) is 17.3 Å². The summed E-state index contributed by atoms with van der Waals surface area (Å²) >= 11 is 0.600. The molecular formula is C11H11BF4Se. The van der Waals surface area contributed by atoms with Gasteiger partial charge in [-0.25, -0.2) is 0 Å². The average Bonchev–Trinajstić information content (AvgIpc) is 2.26. The first-order chi connectivity index (χ1) is 7.92. The molecule has 0 amide bonds. The number of benzene rings is 1. The zero-order valence-corrected chi connectivity index (χ0v) is 10.9. The second kappa shape index (κ2) is 6.17. The van der Waals surface area contributed by atoms with E-state index in [1.165, 1.54) is 17.2 Å². The molecule has 6 heteroatoms. The standard InChI is InChI=1S/C11H11Se.BF4/c1-2-11-10-6-4-3-5-9(10)7-8-12-11;2-1(3,4)5/h3-8H,2H2,1H3;/q+1;-1. The Labute approximate surface area is 103 Å². The summed E-state index contributed by atoms with van der Waals surface area (Å²) in [5, 5.41) is 2.87. The van der Waals surface area contributed by atoms with E-state index in [2.05, 4.69) is 42.2 Å². The van der Waals surface area contributed by atoms with Gasteiger partial charge in [-0.3, -0.25) is 0 Å². The minimum atomic E-state index is -6.00. The normalized spacial score (nSPS) is 10.9. The number of hydrogen-bond donors (Lipinski definition) is 0. The summed E-state index contributed by atoms with van der Waals surface area (Å²) in [6.07, 6.45) is 1.20. The van der Waals surface area contributed by atoms with E-state index in [0.717, 1.165) is 0 Å². The summed E-state index contributed by atoms with van der Waals surface area (Å²) in [7, 11) is -6.00. The van der Waals surface area contributed by atoms with Crippen molar-refractivity contribution in [2.45, 2.75) is 13.3 Å². The Hall–Kier alpha value is -0.866. The summed E-state index contributed by atoms with van der Waals surface area (Å²) in [5.41, 5.74) is 0. The third-order valence-electron chi connectivity index (χ3n) is 2.04. The van der Waals surface area contributed by atoms with Crippen molar-refractivity contribution in [2.24, 2.45) is 0 Å². The van der Waals surface area contributed by atoms with Crippen LogP contribution in [-0.2, 0) is 6.42 Å². The minimum absolute atomic E-state index is 0.600. The van der Waals surface area contributed by atoms with Gasteiger partial charge in [0.05, 0.1) is 0 Å². The van der Waals surface area contributed by atoms with Gasteiger partial charge in [-0.1, -0.05) is 0 Å². The topological polar surface area (TPSA) is 0 Å². The van der Waals surface area contributed by atoms with Crippen molar-refractivity contribution in [2.75, 3.05) is 0 Å². The van der Waals surface area contributed by atoms with Crippen molar-refractivity contribution in [3.8, 4) is 0 Å². The molecule has 0 saturated carbocycles. The Morgan fingerprint density at radius 3 is 2.24 bits per heavy atom. The maximum absolute atomic E-state index is 9.75. The number of rotatable bonds is 1. The van der Waals surface area contributed by atoms with Gasteiger partial charge in [0, 0.05) is 0 Å². The van der Waals surface area contributed by atoms with Gasteiger partial charge in [0.15, 0.2) is 0 Å². The van der Waals surface area contributed by atoms with Gasteiger partial charge < -0.3 is 17.3 Å². The summed E-state index contributed by atoms with van der Waals surface area (Å²) in [6.45, 7) is 2.24. The molecule has 17 heavy (non-hydrogen) atoms. The number of aryl methyl sites for hydroxylation is 1. The molecule has 0 atom stereocenters. The van der Waals surface area contributed by atoms with Crippen LogP contribution >= 0.6 is 0 Å². The Morgan fingerprint density at radius 2 is 1.65 bits per heavy atom. The molecule has 0 fully saturated rings. The Kier molecular flexibility index (Phi) is 5.15. The predicted octanol–water partition coefficient (Wildman–Crippen LogP) is 4.04. The fraction of sp³-hybridized carbons (Fsp3) is 0.182. The van der Waals surface area contributed by atoms with E-state index < -0.39 is 7.25 Å². The van der Waals surface area contributed by atoms with Crippen molar-refractivity contribution < 1.29 is 17.3 Å². The van der Waals surface area contributed by atoms with Crippen LogP contribution in [0.2, 0.25) is 0 Å². The smallest absolute Gasteiger partial charge is 0.418 e. The molecule has 0 aliphatic rings. The number of fused-ring (bicyclic) bond motifs is 1. The number of halogens is 4. The predicted molar refractivity (Wildman–Crippen MR) is 64.9 cm³/mol. The van der Waals surface area contributed by atoms with Gasteiger partial charge in [-0.2, -0.15) is 0 Å². The van der Waals surface area contributed by atoms with Gasteiger partial charge in [0.1, 0.15) is 0 Å². The minimum Gasteiger partial charge on any atom is -0.418 e. The fourth-order valence-electron chi connectivity index (χ4n) is 1.42. The van der Waals surface area contributed by atoms with E-state index >= 15 is 0 Å². The summed E-state index contributed by atoms with van der Waals surface area (Å²) in [6, 6.07) is 10.9. The third kappa shape index (κ3) is 5.33. The van der Waals surface area contributed by atoms with Crippen LogP contribution in [0.1, 0.15) is 11.4 Å². The van der Waals surface area contributed by atoms with Crippen LogP contribution < -0.4 is 0 Å².